The van der Waals surface area contributed by atoms with Gasteiger partial charge in [-0.1, -0.05) is 6.42 Å². The van der Waals surface area contributed by atoms with Gasteiger partial charge in [-0.15, -0.1) is 0 Å². The zero-order valence-electron chi connectivity index (χ0n) is 11.2. The SMILES string of the molecule is COC(=O)c1ccnc(OCC2CCCC2CN)c1. The number of carbonyl (C=O) groups excluding carboxylic acids is 1. The van der Waals surface area contributed by atoms with Gasteiger partial charge in [0.1, 0.15) is 0 Å². The van der Waals surface area contributed by atoms with Crippen LogP contribution in [0.5, 0.6) is 5.88 Å². The summed E-state index contributed by atoms with van der Waals surface area (Å²) in [7, 11) is 1.35. The fourth-order valence-electron chi connectivity index (χ4n) is 2.57. The molecule has 0 bridgehead atoms. The summed E-state index contributed by atoms with van der Waals surface area (Å²) >= 11 is 0. The van der Waals surface area contributed by atoms with Crippen LogP contribution in [-0.4, -0.2) is 31.2 Å². The van der Waals surface area contributed by atoms with E-state index >= 15 is 0 Å². The van der Waals surface area contributed by atoms with Crippen molar-refractivity contribution in [1.82, 2.24) is 4.98 Å². The van der Waals surface area contributed by atoms with Gasteiger partial charge in [0.25, 0.3) is 0 Å². The molecule has 0 radical (unpaired) electrons. The molecule has 1 aliphatic rings. The molecule has 2 rings (SSSR count). The van der Waals surface area contributed by atoms with E-state index < -0.39 is 0 Å². The molecule has 1 aliphatic carbocycles. The lowest BCUT2D eigenvalue weighted by Gasteiger charge is -2.17. The number of rotatable bonds is 5. The van der Waals surface area contributed by atoms with Gasteiger partial charge in [-0.3, -0.25) is 0 Å². The molecule has 2 atom stereocenters. The van der Waals surface area contributed by atoms with Gasteiger partial charge in [-0.25, -0.2) is 9.78 Å². The molecule has 5 nitrogen and oxygen atoms in total. The van der Waals surface area contributed by atoms with Crippen molar-refractivity contribution in [1.29, 1.82) is 0 Å². The van der Waals surface area contributed by atoms with E-state index in [2.05, 4.69) is 9.72 Å². The molecule has 1 saturated carbocycles. The molecule has 0 aliphatic heterocycles. The van der Waals surface area contributed by atoms with Gasteiger partial charge in [0.05, 0.1) is 19.3 Å². The topological polar surface area (TPSA) is 74.4 Å². The number of nitrogens with two attached hydrogens (primary N) is 1. The molecule has 1 heterocycles. The van der Waals surface area contributed by atoms with Crippen LogP contribution in [0.4, 0.5) is 0 Å². The molecule has 19 heavy (non-hydrogen) atoms. The van der Waals surface area contributed by atoms with Gasteiger partial charge in [-0.05, 0) is 37.3 Å². The second kappa shape index (κ2) is 6.52. The smallest absolute Gasteiger partial charge is 0.338 e. The number of carbonyl (C=O) groups is 1. The molecule has 0 spiro atoms. The largest absolute Gasteiger partial charge is 0.477 e. The number of hydrogen-bond donors (Lipinski definition) is 1. The average Bonchev–Trinajstić information content (AvgIpc) is 2.92. The molecule has 0 aromatic carbocycles. The lowest BCUT2D eigenvalue weighted by Crippen LogP contribution is -2.23. The first kappa shape index (κ1) is 13.8. The summed E-state index contributed by atoms with van der Waals surface area (Å²) in [6.07, 6.45) is 5.10. The van der Waals surface area contributed by atoms with Crippen molar-refractivity contribution in [3.8, 4) is 5.88 Å². The van der Waals surface area contributed by atoms with E-state index in [1.807, 2.05) is 0 Å². The second-order valence-electron chi connectivity index (χ2n) is 4.87. The lowest BCUT2D eigenvalue weighted by atomic mass is 9.97. The maximum atomic E-state index is 11.4. The minimum absolute atomic E-state index is 0.382. The number of nitrogens with zero attached hydrogens (tertiary/aromatic N) is 1. The summed E-state index contributed by atoms with van der Waals surface area (Å²) in [6.45, 7) is 1.32. The van der Waals surface area contributed by atoms with E-state index in [4.69, 9.17) is 10.5 Å². The second-order valence-corrected chi connectivity index (χ2v) is 4.87. The molecule has 2 unspecified atom stereocenters. The van der Waals surface area contributed by atoms with Crippen LogP contribution in [-0.2, 0) is 4.74 Å². The first-order valence-electron chi connectivity index (χ1n) is 6.62. The van der Waals surface area contributed by atoms with Crippen molar-refractivity contribution < 1.29 is 14.3 Å². The quantitative estimate of drug-likeness (QED) is 0.818. The minimum Gasteiger partial charge on any atom is -0.477 e. The Bertz CT molecular complexity index is 436. The van der Waals surface area contributed by atoms with Crippen molar-refractivity contribution in [2.75, 3.05) is 20.3 Å². The molecular weight excluding hydrogens is 244 g/mol. The van der Waals surface area contributed by atoms with E-state index in [-0.39, 0.29) is 5.97 Å². The van der Waals surface area contributed by atoms with Crippen LogP contribution < -0.4 is 10.5 Å². The van der Waals surface area contributed by atoms with Gasteiger partial charge in [0.15, 0.2) is 0 Å². The van der Waals surface area contributed by atoms with Crippen molar-refractivity contribution in [2.24, 2.45) is 17.6 Å². The number of methoxy groups -OCH3 is 1. The third-order valence-corrected chi connectivity index (χ3v) is 3.72. The number of hydrogen-bond acceptors (Lipinski definition) is 5. The Balaban J connectivity index is 1.94. The van der Waals surface area contributed by atoms with Crippen molar-refractivity contribution in [3.05, 3.63) is 23.9 Å². The monoisotopic (exact) mass is 264 g/mol. The van der Waals surface area contributed by atoms with E-state index in [1.165, 1.54) is 20.0 Å². The van der Waals surface area contributed by atoms with E-state index in [0.717, 1.165) is 6.42 Å². The normalized spacial score (nSPS) is 22.2. The van der Waals surface area contributed by atoms with E-state index in [0.29, 0.717) is 36.4 Å². The highest BCUT2D eigenvalue weighted by atomic mass is 16.5. The highest BCUT2D eigenvalue weighted by molar-refractivity contribution is 5.89. The Morgan fingerprint density at radius 2 is 2.26 bits per heavy atom. The molecule has 1 fully saturated rings. The van der Waals surface area contributed by atoms with Crippen LogP contribution in [0, 0.1) is 11.8 Å². The number of aromatic nitrogens is 1. The number of esters is 1. The standard InChI is InChI=1S/C14H20N2O3/c1-18-14(17)10-5-6-16-13(7-10)19-9-12-4-2-3-11(12)8-15/h5-7,11-12H,2-4,8-9,15H2,1H3. The fourth-order valence-corrected chi connectivity index (χ4v) is 2.57. The van der Waals surface area contributed by atoms with E-state index in [1.54, 1.807) is 18.3 Å². The first-order valence-corrected chi connectivity index (χ1v) is 6.62. The molecule has 1 aromatic heterocycles. The Labute approximate surface area is 113 Å². The van der Waals surface area contributed by atoms with Crippen LogP contribution in [0.3, 0.4) is 0 Å². The highest BCUT2D eigenvalue weighted by Gasteiger charge is 2.26. The van der Waals surface area contributed by atoms with Crippen LogP contribution in [0.15, 0.2) is 18.3 Å². The Hall–Kier alpha value is -1.62. The maximum absolute atomic E-state index is 11.4. The molecular formula is C14H20N2O3. The predicted molar refractivity (Wildman–Crippen MR) is 71.0 cm³/mol. The molecule has 104 valence electrons. The zero-order valence-corrected chi connectivity index (χ0v) is 11.2. The van der Waals surface area contributed by atoms with Gasteiger partial charge >= 0.3 is 5.97 Å². The van der Waals surface area contributed by atoms with Crippen molar-refractivity contribution in [2.45, 2.75) is 19.3 Å². The maximum Gasteiger partial charge on any atom is 0.338 e. The van der Waals surface area contributed by atoms with Gasteiger partial charge in [0, 0.05) is 12.3 Å². The van der Waals surface area contributed by atoms with Crippen molar-refractivity contribution >= 4 is 5.97 Å². The zero-order chi connectivity index (χ0) is 13.7. The lowest BCUT2D eigenvalue weighted by molar-refractivity contribution is 0.0600. The summed E-state index contributed by atoms with van der Waals surface area (Å²) in [4.78, 5) is 15.5. The minimum atomic E-state index is -0.382. The third kappa shape index (κ3) is 3.44. The fraction of sp³-hybridized carbons (Fsp3) is 0.571. The molecule has 2 N–H and O–H groups in total. The Morgan fingerprint density at radius 1 is 1.47 bits per heavy atom. The average molecular weight is 264 g/mol. The van der Waals surface area contributed by atoms with Crippen LogP contribution >= 0.6 is 0 Å². The third-order valence-electron chi connectivity index (χ3n) is 3.72. The summed E-state index contributed by atoms with van der Waals surface area (Å²) < 4.78 is 10.3. The summed E-state index contributed by atoms with van der Waals surface area (Å²) in [5, 5.41) is 0. The first-order chi connectivity index (χ1) is 9.24. The summed E-state index contributed by atoms with van der Waals surface area (Å²) in [5.41, 5.74) is 6.20. The number of ether oxygens (including phenoxy) is 2. The van der Waals surface area contributed by atoms with Crippen LogP contribution in [0.25, 0.3) is 0 Å². The molecule has 0 amide bonds. The van der Waals surface area contributed by atoms with E-state index in [9.17, 15) is 4.79 Å². The Kier molecular flexibility index (Phi) is 4.74. The molecule has 1 aromatic rings. The predicted octanol–water partition coefficient (Wildman–Crippen LogP) is 1.62. The van der Waals surface area contributed by atoms with Gasteiger partial charge < -0.3 is 15.2 Å². The summed E-state index contributed by atoms with van der Waals surface area (Å²) in [5.74, 6) is 1.12. The van der Waals surface area contributed by atoms with Gasteiger partial charge in [-0.2, -0.15) is 0 Å². The van der Waals surface area contributed by atoms with Crippen molar-refractivity contribution in [3.63, 3.8) is 0 Å². The summed E-state index contributed by atoms with van der Waals surface area (Å²) in [6, 6.07) is 3.22. The Morgan fingerprint density at radius 3 is 3.00 bits per heavy atom. The van der Waals surface area contributed by atoms with Crippen LogP contribution in [0.2, 0.25) is 0 Å². The molecule has 5 heteroatoms. The molecule has 0 saturated heterocycles. The number of pyridine rings is 1. The highest BCUT2D eigenvalue weighted by Crippen LogP contribution is 2.31. The van der Waals surface area contributed by atoms with Crippen LogP contribution in [0.1, 0.15) is 29.6 Å². The van der Waals surface area contributed by atoms with Gasteiger partial charge in [0.2, 0.25) is 5.88 Å².